The second kappa shape index (κ2) is 13.5. The highest BCUT2D eigenvalue weighted by Gasteiger charge is 2.27. The summed E-state index contributed by atoms with van der Waals surface area (Å²) in [5.74, 6) is 0.317. The number of benzene rings is 2. The van der Waals surface area contributed by atoms with Crippen LogP contribution < -0.4 is 14.4 Å². The van der Waals surface area contributed by atoms with E-state index >= 15 is 0 Å². The van der Waals surface area contributed by atoms with E-state index in [0.29, 0.717) is 23.0 Å². The van der Waals surface area contributed by atoms with Gasteiger partial charge in [-0.2, -0.15) is 0 Å². The predicted molar refractivity (Wildman–Crippen MR) is 144 cm³/mol. The van der Waals surface area contributed by atoms with Crippen LogP contribution in [0.5, 0.6) is 5.75 Å². The number of methoxy groups -OCH3 is 1. The van der Waals surface area contributed by atoms with Gasteiger partial charge in [0.15, 0.2) is 0 Å². The summed E-state index contributed by atoms with van der Waals surface area (Å²) in [6, 6.07) is 13.2. The molecule has 8 nitrogen and oxygen atoms in total. The molecular weight excluding hydrogens is 502 g/mol. The summed E-state index contributed by atoms with van der Waals surface area (Å²) in [5, 5.41) is 3.42. The number of anilines is 1. The minimum absolute atomic E-state index is 0.0678. The fourth-order valence-corrected chi connectivity index (χ4v) is 4.81. The Morgan fingerprint density at radius 1 is 1.08 bits per heavy atom. The van der Waals surface area contributed by atoms with Crippen molar-refractivity contribution in [2.45, 2.75) is 46.2 Å². The number of carbonyl (C=O) groups excluding carboxylic acids is 2. The summed E-state index contributed by atoms with van der Waals surface area (Å²) in [6.45, 7) is 6.51. The van der Waals surface area contributed by atoms with Gasteiger partial charge in [0.2, 0.25) is 21.8 Å². The van der Waals surface area contributed by atoms with Gasteiger partial charge in [-0.3, -0.25) is 13.9 Å². The van der Waals surface area contributed by atoms with Crippen molar-refractivity contribution in [2.24, 2.45) is 5.92 Å². The van der Waals surface area contributed by atoms with Gasteiger partial charge in [0, 0.05) is 37.1 Å². The van der Waals surface area contributed by atoms with Gasteiger partial charge in [0.1, 0.15) is 11.8 Å². The number of halogens is 1. The Morgan fingerprint density at radius 2 is 1.78 bits per heavy atom. The van der Waals surface area contributed by atoms with Crippen LogP contribution in [0.4, 0.5) is 5.69 Å². The van der Waals surface area contributed by atoms with E-state index in [1.807, 2.05) is 19.9 Å². The molecule has 1 atom stereocenters. The largest absolute Gasteiger partial charge is 0.497 e. The summed E-state index contributed by atoms with van der Waals surface area (Å²) < 4.78 is 31.4. The average Bonchev–Trinajstić information content (AvgIpc) is 2.82. The number of hydrogen-bond donors (Lipinski definition) is 1. The van der Waals surface area contributed by atoms with Crippen molar-refractivity contribution >= 4 is 39.1 Å². The highest BCUT2D eigenvalue weighted by Crippen LogP contribution is 2.24. The van der Waals surface area contributed by atoms with Crippen molar-refractivity contribution in [3.63, 3.8) is 0 Å². The minimum atomic E-state index is -3.59. The molecule has 0 radical (unpaired) electrons. The standard InChI is InChI=1S/C26H36ClN3O5S/c1-19(2)17-28-26(32)20(3)29(18-21-9-6-10-22(27)15-21)25(31)13-8-14-30(36(5,33)34)23-11-7-12-24(16-23)35-4/h6-7,9-12,15-16,19-20H,8,13-14,17-18H2,1-5H3,(H,28,32). The maximum atomic E-state index is 13.3. The number of hydrogen-bond acceptors (Lipinski definition) is 5. The normalized spacial score (nSPS) is 12.2. The van der Waals surface area contributed by atoms with Crippen molar-refractivity contribution in [2.75, 3.05) is 30.8 Å². The molecule has 0 bridgehead atoms. The number of nitrogens with one attached hydrogen (secondary N) is 1. The third kappa shape index (κ3) is 9.02. The molecule has 0 saturated carbocycles. The van der Waals surface area contributed by atoms with E-state index in [1.54, 1.807) is 49.4 Å². The van der Waals surface area contributed by atoms with Gasteiger partial charge in [-0.25, -0.2) is 8.42 Å². The van der Waals surface area contributed by atoms with Crippen molar-refractivity contribution < 1.29 is 22.7 Å². The molecule has 2 aromatic rings. The van der Waals surface area contributed by atoms with Gasteiger partial charge < -0.3 is 15.0 Å². The molecule has 0 saturated heterocycles. The van der Waals surface area contributed by atoms with Crippen LogP contribution in [0.25, 0.3) is 0 Å². The molecule has 2 rings (SSSR count). The van der Waals surface area contributed by atoms with Crippen LogP contribution in [0, 0.1) is 5.92 Å². The zero-order valence-corrected chi connectivity index (χ0v) is 23.1. The number of ether oxygens (including phenoxy) is 1. The first-order chi connectivity index (χ1) is 16.9. The van der Waals surface area contributed by atoms with Crippen LogP contribution in [0.2, 0.25) is 5.02 Å². The number of sulfonamides is 1. The van der Waals surface area contributed by atoms with Gasteiger partial charge in [0.05, 0.1) is 19.1 Å². The molecule has 0 spiro atoms. The molecule has 2 amide bonds. The number of carbonyl (C=O) groups is 2. The van der Waals surface area contributed by atoms with Gasteiger partial charge in [-0.1, -0.05) is 43.6 Å². The molecule has 0 fully saturated rings. The molecule has 0 aliphatic carbocycles. The SMILES string of the molecule is COc1cccc(N(CCCC(=O)N(Cc2cccc(Cl)c2)C(C)C(=O)NCC(C)C)S(C)(=O)=O)c1. The molecule has 10 heteroatoms. The second-order valence-electron chi connectivity index (χ2n) is 9.11. The average molecular weight is 538 g/mol. The number of rotatable bonds is 13. The lowest BCUT2D eigenvalue weighted by molar-refractivity contribution is -0.140. The van der Waals surface area contributed by atoms with Gasteiger partial charge in [-0.05, 0) is 49.1 Å². The predicted octanol–water partition coefficient (Wildman–Crippen LogP) is 4.08. The van der Waals surface area contributed by atoms with E-state index in [1.165, 1.54) is 16.3 Å². The molecule has 1 N–H and O–H groups in total. The molecule has 0 aromatic heterocycles. The van der Waals surface area contributed by atoms with Crippen LogP contribution in [-0.2, 0) is 26.2 Å². The van der Waals surface area contributed by atoms with Crippen molar-refractivity contribution in [1.29, 1.82) is 0 Å². The summed E-state index contributed by atoms with van der Waals surface area (Å²) in [7, 11) is -2.08. The van der Waals surface area contributed by atoms with Crippen LogP contribution in [-0.4, -0.2) is 57.6 Å². The third-order valence-corrected chi connectivity index (χ3v) is 7.02. The van der Waals surface area contributed by atoms with Gasteiger partial charge in [0.25, 0.3) is 0 Å². The maximum Gasteiger partial charge on any atom is 0.242 e. The van der Waals surface area contributed by atoms with Gasteiger partial charge in [-0.15, -0.1) is 0 Å². The smallest absolute Gasteiger partial charge is 0.242 e. The minimum Gasteiger partial charge on any atom is -0.497 e. The highest BCUT2D eigenvalue weighted by molar-refractivity contribution is 7.92. The lowest BCUT2D eigenvalue weighted by Crippen LogP contribution is -2.48. The highest BCUT2D eigenvalue weighted by atomic mass is 35.5. The first-order valence-electron chi connectivity index (χ1n) is 11.9. The Labute approximate surface area is 219 Å². The monoisotopic (exact) mass is 537 g/mol. The van der Waals surface area contributed by atoms with Crippen LogP contribution in [0.15, 0.2) is 48.5 Å². The van der Waals surface area contributed by atoms with Crippen LogP contribution in [0.1, 0.15) is 39.2 Å². The fourth-order valence-electron chi connectivity index (χ4n) is 3.64. The summed E-state index contributed by atoms with van der Waals surface area (Å²) in [6.07, 6.45) is 1.47. The zero-order chi connectivity index (χ0) is 26.9. The van der Waals surface area contributed by atoms with Crippen molar-refractivity contribution in [3.8, 4) is 5.75 Å². The van der Waals surface area contributed by atoms with Crippen molar-refractivity contribution in [1.82, 2.24) is 10.2 Å². The molecule has 1 unspecified atom stereocenters. The first kappa shape index (κ1) is 29.5. The molecule has 198 valence electrons. The summed E-state index contributed by atoms with van der Waals surface area (Å²) >= 11 is 6.12. The Morgan fingerprint density at radius 3 is 2.39 bits per heavy atom. The molecule has 0 aliphatic rings. The Bertz CT molecular complexity index is 1140. The number of nitrogens with zero attached hydrogens (tertiary/aromatic N) is 2. The quantitative estimate of drug-likeness (QED) is 0.415. The molecule has 0 heterocycles. The topological polar surface area (TPSA) is 96.0 Å². The van der Waals surface area contributed by atoms with Crippen molar-refractivity contribution in [3.05, 3.63) is 59.1 Å². The third-order valence-electron chi connectivity index (χ3n) is 5.59. The first-order valence-corrected chi connectivity index (χ1v) is 14.1. The fraction of sp³-hybridized carbons (Fsp3) is 0.462. The molecule has 36 heavy (non-hydrogen) atoms. The molecule has 2 aromatic carbocycles. The Kier molecular flexibility index (Phi) is 11.0. The van der Waals surface area contributed by atoms with E-state index in [2.05, 4.69) is 5.32 Å². The number of amides is 2. The summed E-state index contributed by atoms with van der Waals surface area (Å²) in [4.78, 5) is 27.6. The van der Waals surface area contributed by atoms with Gasteiger partial charge >= 0.3 is 0 Å². The Hall–Kier alpha value is -2.78. The lowest BCUT2D eigenvalue weighted by atomic mass is 10.1. The Balaban J connectivity index is 2.17. The van der Waals surface area contributed by atoms with E-state index < -0.39 is 16.1 Å². The summed E-state index contributed by atoms with van der Waals surface area (Å²) in [5.41, 5.74) is 1.26. The molecule has 0 aliphatic heterocycles. The zero-order valence-electron chi connectivity index (χ0n) is 21.5. The van der Waals surface area contributed by atoms with E-state index in [-0.39, 0.29) is 43.7 Å². The van der Waals surface area contributed by atoms with Crippen LogP contribution >= 0.6 is 11.6 Å². The molecular formula is C26H36ClN3O5S. The van der Waals surface area contributed by atoms with E-state index in [4.69, 9.17) is 16.3 Å². The van der Waals surface area contributed by atoms with E-state index in [9.17, 15) is 18.0 Å². The van der Waals surface area contributed by atoms with Crippen LogP contribution in [0.3, 0.4) is 0 Å². The second-order valence-corrected chi connectivity index (χ2v) is 11.4. The lowest BCUT2D eigenvalue weighted by Gasteiger charge is -2.29. The van der Waals surface area contributed by atoms with E-state index in [0.717, 1.165) is 11.8 Å². The maximum absolute atomic E-state index is 13.3.